The molecule has 4 rings (SSSR count). The van der Waals surface area contributed by atoms with Gasteiger partial charge in [-0.1, -0.05) is 15.2 Å². The van der Waals surface area contributed by atoms with E-state index < -0.39 is 0 Å². The van der Waals surface area contributed by atoms with Gasteiger partial charge in [-0.05, 0) is 18.2 Å². The number of rotatable bonds is 1. The molecule has 0 spiro atoms. The van der Waals surface area contributed by atoms with E-state index in [1.54, 1.807) is 6.20 Å². The molecule has 4 nitrogen and oxygen atoms in total. The number of furan rings is 1. The molecule has 0 aliphatic carbocycles. The Balaban J connectivity index is 2.13. The Morgan fingerprint density at radius 2 is 2.00 bits per heavy atom. The number of pyridine rings is 1. The van der Waals surface area contributed by atoms with Gasteiger partial charge in [0.2, 0.25) is 17.5 Å². The summed E-state index contributed by atoms with van der Waals surface area (Å²) in [4.78, 5) is 4.27. The molecular formula is C15H11N3O+2. The first kappa shape index (κ1) is 10.2. The Hall–Kier alpha value is -2.71. The minimum atomic E-state index is 0.668. The van der Waals surface area contributed by atoms with Crippen LogP contribution in [0.3, 0.4) is 0 Å². The van der Waals surface area contributed by atoms with Crippen LogP contribution >= 0.6 is 0 Å². The highest BCUT2D eigenvalue weighted by molar-refractivity contribution is 6.06. The maximum absolute atomic E-state index is 5.89. The Labute approximate surface area is 109 Å². The van der Waals surface area contributed by atoms with Crippen LogP contribution in [0.4, 0.5) is 5.69 Å². The van der Waals surface area contributed by atoms with Crippen molar-refractivity contribution in [3.8, 4) is 0 Å². The van der Waals surface area contributed by atoms with Crippen molar-refractivity contribution < 1.29 is 13.6 Å². The van der Waals surface area contributed by atoms with E-state index in [0.717, 1.165) is 22.0 Å². The van der Waals surface area contributed by atoms with Crippen molar-refractivity contribution in [2.24, 2.45) is 0 Å². The molecular weight excluding hydrogens is 238 g/mol. The van der Waals surface area contributed by atoms with Gasteiger partial charge in [-0.25, -0.2) is 4.98 Å². The van der Waals surface area contributed by atoms with Crippen molar-refractivity contribution in [1.29, 1.82) is 0 Å². The first-order chi connectivity index (χ1) is 9.33. The maximum atomic E-state index is 5.89. The summed E-state index contributed by atoms with van der Waals surface area (Å²) < 4.78 is 9.68. The summed E-state index contributed by atoms with van der Waals surface area (Å²) in [6.07, 6.45) is 5.64. The van der Waals surface area contributed by atoms with Gasteiger partial charge in [0.1, 0.15) is 0 Å². The normalized spacial score (nSPS) is 14.2. The zero-order valence-electron chi connectivity index (χ0n) is 10.4. The van der Waals surface area contributed by atoms with Crippen molar-refractivity contribution in [3.63, 3.8) is 0 Å². The molecule has 1 aliphatic rings. The minimum absolute atomic E-state index is 0.668. The van der Waals surface area contributed by atoms with Crippen molar-refractivity contribution >= 4 is 33.8 Å². The number of hydrogen-bond donors (Lipinski definition) is 0. The quantitative estimate of drug-likeness (QED) is 0.621. The van der Waals surface area contributed by atoms with Crippen LogP contribution in [0.25, 0.3) is 22.1 Å². The number of hydrogen-bond acceptors (Lipinski definition) is 2. The molecule has 0 N–H and O–H groups in total. The molecule has 19 heavy (non-hydrogen) atoms. The molecule has 4 heteroatoms. The van der Waals surface area contributed by atoms with Gasteiger partial charge >= 0.3 is 6.01 Å². The molecule has 0 atom stereocenters. The van der Waals surface area contributed by atoms with Crippen LogP contribution in [0.1, 0.15) is 0 Å². The number of aromatic nitrogens is 1. The number of para-hydroxylation sites is 1. The van der Waals surface area contributed by atoms with Crippen LogP contribution in [-0.4, -0.2) is 27.2 Å². The summed E-state index contributed by atoms with van der Waals surface area (Å²) in [6, 6.07) is 13.2. The van der Waals surface area contributed by atoms with Gasteiger partial charge in [-0.3, -0.25) is 0 Å². The molecule has 3 aromatic rings. The SMILES string of the molecule is C[N+]1=C=[N+](c2cccc3c2oc2ncccc23)C=C1. The molecule has 0 amide bonds. The third-order valence-corrected chi connectivity index (χ3v) is 3.22. The second-order valence-corrected chi connectivity index (χ2v) is 4.49. The summed E-state index contributed by atoms with van der Waals surface area (Å²) in [5, 5.41) is 2.11. The van der Waals surface area contributed by atoms with Gasteiger partial charge in [-0.15, -0.1) is 0 Å². The first-order valence-electron chi connectivity index (χ1n) is 6.06. The molecule has 0 fully saturated rings. The fraction of sp³-hybridized carbons (Fsp3) is 0.0667. The van der Waals surface area contributed by atoms with E-state index in [1.165, 1.54) is 0 Å². The highest BCUT2D eigenvalue weighted by Crippen LogP contribution is 2.33. The van der Waals surface area contributed by atoms with Gasteiger partial charge in [0.05, 0.1) is 0 Å². The van der Waals surface area contributed by atoms with Crippen LogP contribution in [0, 0.1) is 0 Å². The lowest BCUT2D eigenvalue weighted by atomic mass is 10.2. The van der Waals surface area contributed by atoms with Gasteiger partial charge in [0.15, 0.2) is 7.05 Å². The predicted octanol–water partition coefficient (Wildman–Crippen LogP) is 2.93. The van der Waals surface area contributed by atoms with Gasteiger partial charge in [0, 0.05) is 23.0 Å². The standard InChI is InChI=1S/C15H11N3O/c1-17-8-9-18(10-17)13-6-2-4-11-12-5-3-7-16-15(12)19-14(11)13/h2-9H,1H3/q+2. The van der Waals surface area contributed by atoms with E-state index in [0.29, 0.717) is 5.71 Å². The number of nitrogens with zero attached hydrogens (tertiary/aromatic N) is 3. The Bertz CT molecular complexity index is 911. The lowest BCUT2D eigenvalue weighted by molar-refractivity contribution is -0.429. The maximum Gasteiger partial charge on any atom is 0.495 e. The minimum Gasteiger partial charge on any atom is -0.431 e. The zero-order chi connectivity index (χ0) is 12.8. The molecule has 2 aromatic heterocycles. The van der Waals surface area contributed by atoms with Gasteiger partial charge in [-0.2, -0.15) is 0 Å². The third-order valence-electron chi connectivity index (χ3n) is 3.22. The second-order valence-electron chi connectivity index (χ2n) is 4.49. The van der Waals surface area contributed by atoms with E-state index in [2.05, 4.69) is 17.1 Å². The van der Waals surface area contributed by atoms with E-state index in [9.17, 15) is 0 Å². The Morgan fingerprint density at radius 1 is 1.11 bits per heavy atom. The summed E-state index contributed by atoms with van der Waals surface area (Å²) >= 11 is 0. The Morgan fingerprint density at radius 3 is 2.84 bits per heavy atom. The average molecular weight is 249 g/mol. The van der Waals surface area contributed by atoms with E-state index >= 15 is 0 Å². The van der Waals surface area contributed by atoms with Crippen molar-refractivity contribution in [2.75, 3.05) is 7.05 Å². The summed E-state index contributed by atoms with van der Waals surface area (Å²) in [5.41, 5.74) is 2.47. The van der Waals surface area contributed by atoms with Crippen LogP contribution in [0.2, 0.25) is 0 Å². The number of benzene rings is 1. The lowest BCUT2D eigenvalue weighted by Crippen LogP contribution is -1.93. The summed E-state index contributed by atoms with van der Waals surface area (Å²) in [6.45, 7) is 0. The first-order valence-corrected chi connectivity index (χ1v) is 6.06. The fourth-order valence-electron chi connectivity index (χ4n) is 2.35. The monoisotopic (exact) mass is 249 g/mol. The van der Waals surface area contributed by atoms with E-state index in [-0.39, 0.29) is 0 Å². The lowest BCUT2D eigenvalue weighted by Gasteiger charge is -1.90. The molecule has 3 heterocycles. The summed E-state index contributed by atoms with van der Waals surface area (Å²) in [5.74, 6) is 0. The topological polar surface area (TPSA) is 32.0 Å². The van der Waals surface area contributed by atoms with Crippen LogP contribution in [0.5, 0.6) is 0 Å². The van der Waals surface area contributed by atoms with Crippen LogP contribution in [0.15, 0.2) is 53.3 Å². The molecule has 0 bridgehead atoms. The average Bonchev–Trinajstić information content (AvgIpc) is 3.02. The smallest absolute Gasteiger partial charge is 0.431 e. The zero-order valence-corrected chi connectivity index (χ0v) is 10.4. The van der Waals surface area contributed by atoms with Gasteiger partial charge < -0.3 is 4.42 Å². The molecule has 0 unspecified atom stereocenters. The summed E-state index contributed by atoms with van der Waals surface area (Å²) in [7, 11) is 1.94. The molecule has 1 aromatic carbocycles. The molecule has 0 saturated carbocycles. The highest BCUT2D eigenvalue weighted by Gasteiger charge is 2.22. The van der Waals surface area contributed by atoms with Gasteiger partial charge in [0.25, 0.3) is 11.9 Å². The molecule has 0 saturated heterocycles. The van der Waals surface area contributed by atoms with Crippen LogP contribution < -0.4 is 0 Å². The third kappa shape index (κ3) is 1.44. The molecule has 1 aliphatic heterocycles. The van der Waals surface area contributed by atoms with Crippen LogP contribution in [-0.2, 0) is 0 Å². The van der Waals surface area contributed by atoms with E-state index in [4.69, 9.17) is 4.42 Å². The van der Waals surface area contributed by atoms with Crippen molar-refractivity contribution in [2.45, 2.75) is 0 Å². The number of fused-ring (bicyclic) bond motifs is 3. The fourth-order valence-corrected chi connectivity index (χ4v) is 2.35. The highest BCUT2D eigenvalue weighted by atomic mass is 16.3. The Kier molecular flexibility index (Phi) is 1.96. The second kappa shape index (κ2) is 3.64. The molecule has 90 valence electrons. The molecule has 0 radical (unpaired) electrons. The predicted molar refractivity (Wildman–Crippen MR) is 71.8 cm³/mol. The van der Waals surface area contributed by atoms with E-state index in [1.807, 2.05) is 52.9 Å². The van der Waals surface area contributed by atoms with Crippen molar-refractivity contribution in [3.05, 3.63) is 48.9 Å². The largest absolute Gasteiger partial charge is 0.495 e. The van der Waals surface area contributed by atoms with Crippen molar-refractivity contribution in [1.82, 2.24) is 4.98 Å².